The van der Waals surface area contributed by atoms with Crippen LogP contribution in [0.5, 0.6) is 17.2 Å². The number of phenols is 1. The number of Topliss-reactive ketones (excluding diaryl/α,β-unsaturated/α-hetero) is 1. The molecule has 0 heterocycles. The fraction of sp³-hybridized carbons (Fsp3) is 0.188. The van der Waals surface area contributed by atoms with Crippen molar-refractivity contribution in [3.8, 4) is 17.2 Å². The summed E-state index contributed by atoms with van der Waals surface area (Å²) in [5.41, 5.74) is 6.42. The lowest BCUT2D eigenvalue weighted by Gasteiger charge is -2.14. The molecular weight excluding hydrogens is 270 g/mol. The van der Waals surface area contributed by atoms with E-state index in [0.29, 0.717) is 12.4 Å². The summed E-state index contributed by atoms with van der Waals surface area (Å²) in [5, 5.41) is 10.1. The molecule has 5 nitrogen and oxygen atoms in total. The fourth-order valence-electron chi connectivity index (χ4n) is 1.93. The molecule has 0 aliphatic carbocycles. The summed E-state index contributed by atoms with van der Waals surface area (Å²) in [5.74, 6) is -0.114. The first-order chi connectivity index (χ1) is 10.2. The monoisotopic (exact) mass is 287 g/mol. The molecule has 0 saturated heterocycles. The van der Waals surface area contributed by atoms with Crippen LogP contribution in [0.15, 0.2) is 42.5 Å². The molecule has 0 spiro atoms. The zero-order chi connectivity index (χ0) is 15.2. The Labute approximate surface area is 122 Å². The van der Waals surface area contributed by atoms with Crippen molar-refractivity contribution >= 4 is 5.78 Å². The quantitative estimate of drug-likeness (QED) is 0.795. The summed E-state index contributed by atoms with van der Waals surface area (Å²) < 4.78 is 10.8. The molecule has 0 fully saturated rings. The second-order valence-corrected chi connectivity index (χ2v) is 4.39. The summed E-state index contributed by atoms with van der Waals surface area (Å²) in [6.07, 6.45) is 0. The zero-order valence-electron chi connectivity index (χ0n) is 11.7. The molecule has 110 valence electrons. The SMILES string of the molecule is COc1c(OCc2ccccc2)ccc(C(=O)CN)c1O. The Kier molecular flexibility index (Phi) is 4.79. The van der Waals surface area contributed by atoms with E-state index in [1.54, 1.807) is 6.07 Å². The van der Waals surface area contributed by atoms with Crippen LogP contribution in [0, 0.1) is 0 Å². The smallest absolute Gasteiger partial charge is 0.203 e. The molecule has 0 saturated carbocycles. The van der Waals surface area contributed by atoms with Crippen molar-refractivity contribution < 1.29 is 19.4 Å². The molecule has 0 atom stereocenters. The van der Waals surface area contributed by atoms with Crippen LogP contribution in [0.25, 0.3) is 0 Å². The molecule has 2 aromatic carbocycles. The summed E-state index contributed by atoms with van der Waals surface area (Å²) in [6.45, 7) is 0.155. The molecule has 21 heavy (non-hydrogen) atoms. The van der Waals surface area contributed by atoms with E-state index in [1.807, 2.05) is 30.3 Å². The van der Waals surface area contributed by atoms with Crippen LogP contribution >= 0.6 is 0 Å². The highest BCUT2D eigenvalue weighted by Crippen LogP contribution is 2.39. The van der Waals surface area contributed by atoms with Gasteiger partial charge in [-0.1, -0.05) is 30.3 Å². The summed E-state index contributed by atoms with van der Waals surface area (Å²) >= 11 is 0. The number of benzene rings is 2. The number of ether oxygens (including phenoxy) is 2. The minimum absolute atomic E-state index is 0.126. The van der Waals surface area contributed by atoms with E-state index in [1.165, 1.54) is 13.2 Å². The maximum atomic E-state index is 11.6. The number of ketones is 1. The van der Waals surface area contributed by atoms with Crippen molar-refractivity contribution in [1.29, 1.82) is 0 Å². The first kappa shape index (κ1) is 14.9. The zero-order valence-corrected chi connectivity index (χ0v) is 11.7. The van der Waals surface area contributed by atoms with Crippen molar-refractivity contribution in [2.24, 2.45) is 5.73 Å². The van der Waals surface area contributed by atoms with Crippen LogP contribution in [-0.4, -0.2) is 24.5 Å². The number of carbonyl (C=O) groups is 1. The van der Waals surface area contributed by atoms with Gasteiger partial charge in [-0.05, 0) is 17.7 Å². The van der Waals surface area contributed by atoms with Crippen molar-refractivity contribution in [3.63, 3.8) is 0 Å². The van der Waals surface area contributed by atoms with Crippen molar-refractivity contribution in [1.82, 2.24) is 0 Å². The van der Waals surface area contributed by atoms with Crippen molar-refractivity contribution in [3.05, 3.63) is 53.6 Å². The largest absolute Gasteiger partial charge is 0.504 e. The number of nitrogens with two attached hydrogens (primary N) is 1. The van der Waals surface area contributed by atoms with E-state index in [4.69, 9.17) is 15.2 Å². The lowest BCUT2D eigenvalue weighted by atomic mass is 10.1. The highest BCUT2D eigenvalue weighted by atomic mass is 16.5. The predicted octanol–water partition coefficient (Wildman–Crippen LogP) is 2.12. The standard InChI is InChI=1S/C16H17NO4/c1-20-16-14(21-10-11-5-3-2-4-6-11)8-7-12(15(16)19)13(18)9-17/h2-8,19H,9-10,17H2,1H3. The Morgan fingerprint density at radius 2 is 1.90 bits per heavy atom. The number of hydrogen-bond donors (Lipinski definition) is 2. The third kappa shape index (κ3) is 3.32. The van der Waals surface area contributed by atoms with E-state index >= 15 is 0 Å². The van der Waals surface area contributed by atoms with E-state index in [-0.39, 0.29) is 29.4 Å². The van der Waals surface area contributed by atoms with Gasteiger partial charge >= 0.3 is 0 Å². The number of carbonyl (C=O) groups excluding carboxylic acids is 1. The van der Waals surface area contributed by atoms with Gasteiger partial charge in [-0.15, -0.1) is 0 Å². The van der Waals surface area contributed by atoms with Gasteiger partial charge in [-0.3, -0.25) is 4.79 Å². The highest BCUT2D eigenvalue weighted by molar-refractivity contribution is 6.01. The molecule has 0 bridgehead atoms. The van der Waals surface area contributed by atoms with Gasteiger partial charge in [-0.25, -0.2) is 0 Å². The van der Waals surface area contributed by atoms with Gasteiger partial charge in [0.1, 0.15) is 6.61 Å². The maximum Gasteiger partial charge on any atom is 0.203 e. The molecule has 0 amide bonds. The molecular formula is C16H17NO4. The van der Waals surface area contributed by atoms with Crippen LogP contribution in [0.4, 0.5) is 0 Å². The number of methoxy groups -OCH3 is 1. The van der Waals surface area contributed by atoms with E-state index in [2.05, 4.69) is 0 Å². The summed E-state index contributed by atoms with van der Waals surface area (Å²) in [7, 11) is 1.40. The minimum atomic E-state index is -0.361. The highest BCUT2D eigenvalue weighted by Gasteiger charge is 2.18. The number of aromatic hydroxyl groups is 1. The van der Waals surface area contributed by atoms with Gasteiger partial charge in [0.2, 0.25) is 5.75 Å². The van der Waals surface area contributed by atoms with Gasteiger partial charge in [0, 0.05) is 0 Å². The summed E-state index contributed by atoms with van der Waals surface area (Å²) in [6, 6.07) is 12.7. The summed E-state index contributed by atoms with van der Waals surface area (Å²) in [4.78, 5) is 11.6. The molecule has 5 heteroatoms. The second kappa shape index (κ2) is 6.76. The van der Waals surface area contributed by atoms with Gasteiger partial charge in [0.15, 0.2) is 17.3 Å². The normalized spacial score (nSPS) is 10.2. The molecule has 0 unspecified atom stereocenters. The molecule has 3 N–H and O–H groups in total. The van der Waals surface area contributed by atoms with Gasteiger partial charge in [-0.2, -0.15) is 0 Å². The Balaban J connectivity index is 2.24. The van der Waals surface area contributed by atoms with Gasteiger partial charge in [0.05, 0.1) is 19.2 Å². The van der Waals surface area contributed by atoms with Crippen LogP contribution in [0.1, 0.15) is 15.9 Å². The average Bonchev–Trinajstić information content (AvgIpc) is 2.53. The lowest BCUT2D eigenvalue weighted by molar-refractivity contribution is 0.0998. The Morgan fingerprint density at radius 3 is 2.52 bits per heavy atom. The van der Waals surface area contributed by atoms with Crippen LogP contribution in [-0.2, 0) is 6.61 Å². The first-order valence-corrected chi connectivity index (χ1v) is 6.47. The number of phenolic OH excluding ortho intramolecular Hbond substituents is 1. The van der Waals surface area contributed by atoms with Crippen molar-refractivity contribution in [2.75, 3.05) is 13.7 Å². The van der Waals surface area contributed by atoms with E-state index < -0.39 is 0 Å². The van der Waals surface area contributed by atoms with Crippen LogP contribution in [0.2, 0.25) is 0 Å². The third-order valence-corrected chi connectivity index (χ3v) is 3.02. The molecule has 0 aliphatic heterocycles. The number of rotatable bonds is 6. The molecule has 2 rings (SSSR count). The molecule has 0 radical (unpaired) electrons. The molecule has 2 aromatic rings. The number of hydrogen-bond acceptors (Lipinski definition) is 5. The fourth-order valence-corrected chi connectivity index (χ4v) is 1.93. The Bertz CT molecular complexity index is 626. The first-order valence-electron chi connectivity index (χ1n) is 6.47. The topological polar surface area (TPSA) is 81.8 Å². The average molecular weight is 287 g/mol. The maximum absolute atomic E-state index is 11.6. The van der Waals surface area contributed by atoms with Gasteiger partial charge in [0.25, 0.3) is 0 Å². The Morgan fingerprint density at radius 1 is 1.19 bits per heavy atom. The van der Waals surface area contributed by atoms with E-state index in [0.717, 1.165) is 5.56 Å². The van der Waals surface area contributed by atoms with Crippen LogP contribution < -0.4 is 15.2 Å². The van der Waals surface area contributed by atoms with E-state index in [9.17, 15) is 9.90 Å². The lowest BCUT2D eigenvalue weighted by Crippen LogP contribution is -2.14. The van der Waals surface area contributed by atoms with Crippen LogP contribution in [0.3, 0.4) is 0 Å². The second-order valence-electron chi connectivity index (χ2n) is 4.39. The molecule has 0 aliphatic rings. The van der Waals surface area contributed by atoms with Crippen molar-refractivity contribution in [2.45, 2.75) is 6.61 Å². The Hall–Kier alpha value is -2.53. The minimum Gasteiger partial charge on any atom is -0.504 e. The predicted molar refractivity (Wildman–Crippen MR) is 78.8 cm³/mol. The third-order valence-electron chi connectivity index (χ3n) is 3.02. The van der Waals surface area contributed by atoms with Gasteiger partial charge < -0.3 is 20.3 Å². The molecule has 0 aromatic heterocycles.